The van der Waals surface area contributed by atoms with E-state index in [1.165, 1.54) is 0 Å². The van der Waals surface area contributed by atoms with E-state index in [4.69, 9.17) is 23.7 Å². The highest BCUT2D eigenvalue weighted by Gasteiger charge is 2.51. The first-order valence-electron chi connectivity index (χ1n) is 9.70. The molecule has 0 aliphatic carbocycles. The summed E-state index contributed by atoms with van der Waals surface area (Å²) >= 11 is 0. The van der Waals surface area contributed by atoms with Crippen LogP contribution in [0.15, 0.2) is 60.7 Å². The summed E-state index contributed by atoms with van der Waals surface area (Å²) in [5.74, 6) is -0.562. The molecule has 0 amide bonds. The van der Waals surface area contributed by atoms with Gasteiger partial charge in [0.15, 0.2) is 18.7 Å². The third-order valence-corrected chi connectivity index (χ3v) is 4.96. The van der Waals surface area contributed by atoms with Gasteiger partial charge in [-0.1, -0.05) is 48.5 Å². The van der Waals surface area contributed by atoms with Crippen molar-refractivity contribution >= 4 is 5.97 Å². The van der Waals surface area contributed by atoms with Crippen molar-refractivity contribution in [2.75, 3.05) is 13.2 Å². The smallest absolute Gasteiger partial charge is 0.338 e. The zero-order valence-corrected chi connectivity index (χ0v) is 16.0. The largest absolute Gasteiger partial charge is 0.450 e. The minimum Gasteiger partial charge on any atom is -0.450 e. The summed E-state index contributed by atoms with van der Waals surface area (Å²) in [6, 6.07) is 18.0. The van der Waals surface area contributed by atoms with E-state index in [2.05, 4.69) is 0 Å². The first kappa shape index (κ1) is 20.0. The highest BCUT2D eigenvalue weighted by atomic mass is 16.8. The average Bonchev–Trinajstić information content (AvgIpc) is 2.77. The molecular formula is C22H24O7. The van der Waals surface area contributed by atoms with Gasteiger partial charge in [0.1, 0.15) is 18.3 Å². The first-order valence-corrected chi connectivity index (χ1v) is 9.70. The van der Waals surface area contributed by atoms with Crippen molar-refractivity contribution in [2.24, 2.45) is 0 Å². The predicted octanol–water partition coefficient (Wildman–Crippen LogP) is 2.45. The Bertz CT molecular complexity index is 797. The number of ether oxygens (including phenoxy) is 5. The standard InChI is InChI=1S/C22H24O7/c1-2-25-22-19(28-20(24)14-9-5-3-6-10-14)17(23)18-16(27-22)13-26-21(29-18)15-11-7-4-8-12-15/h3-12,16-19,21-23H,2,13H2,1H3/t16-,17+,18+,19-,21-,22-/m1/s1. The average molecular weight is 400 g/mol. The molecule has 1 N–H and O–H groups in total. The number of carbonyl (C=O) groups excluding carboxylic acids is 1. The Balaban J connectivity index is 1.51. The van der Waals surface area contributed by atoms with Crippen molar-refractivity contribution in [2.45, 2.75) is 43.9 Å². The van der Waals surface area contributed by atoms with E-state index < -0.39 is 43.0 Å². The summed E-state index contributed by atoms with van der Waals surface area (Å²) in [6.45, 7) is 2.37. The summed E-state index contributed by atoms with van der Waals surface area (Å²) in [7, 11) is 0. The van der Waals surface area contributed by atoms with Crippen LogP contribution >= 0.6 is 0 Å². The molecule has 4 rings (SSSR count). The van der Waals surface area contributed by atoms with Crippen molar-refractivity contribution in [1.29, 1.82) is 0 Å². The Hall–Kier alpha value is -2.29. The maximum atomic E-state index is 12.5. The minimum atomic E-state index is -1.13. The van der Waals surface area contributed by atoms with E-state index in [1.54, 1.807) is 31.2 Å². The molecule has 2 heterocycles. The van der Waals surface area contributed by atoms with Gasteiger partial charge < -0.3 is 28.8 Å². The van der Waals surface area contributed by atoms with Gasteiger partial charge in [0.05, 0.1) is 12.2 Å². The molecular weight excluding hydrogens is 376 g/mol. The highest BCUT2D eigenvalue weighted by Crippen LogP contribution is 2.35. The van der Waals surface area contributed by atoms with Crippen molar-refractivity contribution in [3.05, 3.63) is 71.8 Å². The topological polar surface area (TPSA) is 83.5 Å². The molecule has 7 nitrogen and oxygen atoms in total. The van der Waals surface area contributed by atoms with Crippen LogP contribution in [0.2, 0.25) is 0 Å². The van der Waals surface area contributed by atoms with E-state index in [9.17, 15) is 9.90 Å². The van der Waals surface area contributed by atoms with E-state index >= 15 is 0 Å². The van der Waals surface area contributed by atoms with Gasteiger partial charge >= 0.3 is 5.97 Å². The van der Waals surface area contributed by atoms with Gasteiger partial charge in [-0.05, 0) is 19.1 Å². The fourth-order valence-corrected chi connectivity index (χ4v) is 3.54. The molecule has 2 aromatic rings. The van der Waals surface area contributed by atoms with Crippen LogP contribution in [0, 0.1) is 0 Å². The van der Waals surface area contributed by atoms with Crippen LogP contribution in [0.4, 0.5) is 0 Å². The molecule has 7 heteroatoms. The van der Waals surface area contributed by atoms with Crippen LogP contribution in [0.25, 0.3) is 0 Å². The summed E-state index contributed by atoms with van der Waals surface area (Å²) in [5, 5.41) is 11.0. The third-order valence-electron chi connectivity index (χ3n) is 4.96. The first-order chi connectivity index (χ1) is 14.2. The molecule has 6 atom stereocenters. The second-order valence-corrected chi connectivity index (χ2v) is 6.90. The molecule has 0 unspecified atom stereocenters. The lowest BCUT2D eigenvalue weighted by Crippen LogP contribution is -2.63. The Morgan fingerprint density at radius 3 is 2.45 bits per heavy atom. The monoisotopic (exact) mass is 400 g/mol. The van der Waals surface area contributed by atoms with Crippen LogP contribution < -0.4 is 0 Å². The molecule has 2 aliphatic heterocycles. The van der Waals surface area contributed by atoms with Gasteiger partial charge in [-0.3, -0.25) is 0 Å². The maximum absolute atomic E-state index is 12.5. The number of rotatable bonds is 5. The SMILES string of the molecule is CCO[C@@H]1O[C@@H]2CO[C@@H](c3ccccc3)O[C@@H]2[C@H](O)[C@H]1OC(=O)c1ccccc1. The fraction of sp³-hybridized carbons (Fsp3) is 0.409. The number of hydrogen-bond acceptors (Lipinski definition) is 7. The van der Waals surface area contributed by atoms with Crippen molar-refractivity contribution < 1.29 is 33.6 Å². The predicted molar refractivity (Wildman–Crippen MR) is 102 cm³/mol. The molecule has 0 saturated carbocycles. The van der Waals surface area contributed by atoms with Crippen LogP contribution in [-0.2, 0) is 23.7 Å². The van der Waals surface area contributed by atoms with Gasteiger partial charge in [0.2, 0.25) is 0 Å². The van der Waals surface area contributed by atoms with Gasteiger partial charge in [0, 0.05) is 12.2 Å². The summed E-state index contributed by atoms with van der Waals surface area (Å²) in [5.41, 5.74) is 1.22. The number of aliphatic hydroxyl groups excluding tert-OH is 1. The number of benzene rings is 2. The lowest BCUT2D eigenvalue weighted by Gasteiger charge is -2.47. The molecule has 0 aromatic heterocycles. The highest BCUT2D eigenvalue weighted by molar-refractivity contribution is 5.89. The molecule has 0 spiro atoms. The molecule has 0 radical (unpaired) electrons. The minimum absolute atomic E-state index is 0.226. The van der Waals surface area contributed by atoms with Gasteiger partial charge in [-0.25, -0.2) is 4.79 Å². The van der Waals surface area contributed by atoms with E-state index in [0.717, 1.165) is 5.56 Å². The van der Waals surface area contributed by atoms with Crippen LogP contribution in [0.1, 0.15) is 29.1 Å². The molecule has 2 aliphatic rings. The second-order valence-electron chi connectivity index (χ2n) is 6.90. The van der Waals surface area contributed by atoms with Crippen molar-refractivity contribution in [1.82, 2.24) is 0 Å². The van der Waals surface area contributed by atoms with Crippen LogP contribution in [-0.4, -0.2) is 55.0 Å². The molecule has 29 heavy (non-hydrogen) atoms. The third kappa shape index (κ3) is 4.34. The van der Waals surface area contributed by atoms with E-state index in [-0.39, 0.29) is 6.61 Å². The van der Waals surface area contributed by atoms with Crippen molar-refractivity contribution in [3.63, 3.8) is 0 Å². The van der Waals surface area contributed by atoms with E-state index in [1.807, 2.05) is 36.4 Å². The Morgan fingerprint density at radius 1 is 1.07 bits per heavy atom. The molecule has 154 valence electrons. The summed E-state index contributed by atoms with van der Waals surface area (Å²) < 4.78 is 28.9. The lowest BCUT2D eigenvalue weighted by molar-refractivity contribution is -0.360. The van der Waals surface area contributed by atoms with Gasteiger partial charge in [-0.2, -0.15) is 0 Å². The normalized spacial score (nSPS) is 31.7. The summed E-state index contributed by atoms with van der Waals surface area (Å²) in [4.78, 5) is 12.5. The number of hydrogen-bond donors (Lipinski definition) is 1. The quantitative estimate of drug-likeness (QED) is 0.772. The zero-order valence-electron chi connectivity index (χ0n) is 16.0. The van der Waals surface area contributed by atoms with Gasteiger partial charge in [-0.15, -0.1) is 0 Å². The van der Waals surface area contributed by atoms with Crippen molar-refractivity contribution in [3.8, 4) is 0 Å². The fourth-order valence-electron chi connectivity index (χ4n) is 3.54. The lowest BCUT2D eigenvalue weighted by atomic mass is 9.97. The second kappa shape index (κ2) is 9.02. The number of fused-ring (bicyclic) bond motifs is 1. The molecule has 2 aromatic carbocycles. The molecule has 2 fully saturated rings. The maximum Gasteiger partial charge on any atom is 0.338 e. The zero-order chi connectivity index (χ0) is 20.2. The Morgan fingerprint density at radius 2 is 1.76 bits per heavy atom. The Kier molecular flexibility index (Phi) is 6.22. The summed E-state index contributed by atoms with van der Waals surface area (Å²) in [6.07, 6.45) is -4.96. The van der Waals surface area contributed by atoms with Gasteiger partial charge in [0.25, 0.3) is 0 Å². The molecule has 0 bridgehead atoms. The number of esters is 1. The molecule has 2 saturated heterocycles. The number of aliphatic hydroxyl groups is 1. The number of carbonyl (C=O) groups is 1. The van der Waals surface area contributed by atoms with Crippen LogP contribution in [0.3, 0.4) is 0 Å². The Labute approximate surface area is 169 Å². The van der Waals surface area contributed by atoms with E-state index in [0.29, 0.717) is 12.2 Å². The van der Waals surface area contributed by atoms with Crippen LogP contribution in [0.5, 0.6) is 0 Å².